The first-order valence-corrected chi connectivity index (χ1v) is 8.53. The smallest absolute Gasteiger partial charge is 0.157 e. The maximum atomic E-state index is 6.11. The van der Waals surface area contributed by atoms with Gasteiger partial charge >= 0.3 is 0 Å². The van der Waals surface area contributed by atoms with E-state index in [2.05, 4.69) is 18.4 Å². The highest BCUT2D eigenvalue weighted by Gasteiger charge is 2.19. The van der Waals surface area contributed by atoms with Crippen molar-refractivity contribution in [2.45, 2.75) is 77.1 Å². The number of hydrogen-bond acceptors (Lipinski definition) is 2. The van der Waals surface area contributed by atoms with Gasteiger partial charge in [0, 0.05) is 13.0 Å². The van der Waals surface area contributed by atoms with Crippen LogP contribution in [0.1, 0.15) is 64.7 Å². The standard InChI is InChI=1S/C15H28O2Si/c1-2-3-4-9-14(10-6-8-13-18)17-15-11-5-7-12-16-15/h14-15H,2-7,9-12H2,1,18H3/t14-,15?/m0/s1. The van der Waals surface area contributed by atoms with E-state index in [0.29, 0.717) is 6.10 Å². The summed E-state index contributed by atoms with van der Waals surface area (Å²) >= 11 is 0. The monoisotopic (exact) mass is 268 g/mol. The first-order valence-electron chi connectivity index (χ1n) is 7.53. The van der Waals surface area contributed by atoms with Gasteiger partial charge in [-0.15, -0.1) is 11.5 Å². The Balaban J connectivity index is 2.28. The third-order valence-corrected chi connectivity index (χ3v) is 3.73. The molecule has 0 amide bonds. The maximum absolute atomic E-state index is 6.11. The van der Waals surface area contributed by atoms with Crippen molar-refractivity contribution >= 4 is 10.2 Å². The predicted molar refractivity (Wildman–Crippen MR) is 79.6 cm³/mol. The lowest BCUT2D eigenvalue weighted by Gasteiger charge is -2.27. The molecule has 0 aliphatic carbocycles. The minimum Gasteiger partial charge on any atom is -0.353 e. The Labute approximate surface area is 115 Å². The quantitative estimate of drug-likeness (QED) is 0.383. The van der Waals surface area contributed by atoms with Gasteiger partial charge in [-0.2, -0.15) is 0 Å². The topological polar surface area (TPSA) is 18.5 Å². The first kappa shape index (κ1) is 15.8. The molecular formula is C15H28O2Si. The molecular weight excluding hydrogens is 240 g/mol. The molecule has 1 rings (SSSR count). The van der Waals surface area contributed by atoms with Crippen LogP contribution in [0.15, 0.2) is 0 Å². The lowest BCUT2D eigenvalue weighted by molar-refractivity contribution is -0.190. The summed E-state index contributed by atoms with van der Waals surface area (Å²) in [6, 6.07) is 0. The van der Waals surface area contributed by atoms with E-state index in [1.165, 1.54) is 32.1 Å². The fourth-order valence-electron chi connectivity index (χ4n) is 2.29. The van der Waals surface area contributed by atoms with Crippen molar-refractivity contribution in [2.75, 3.05) is 6.61 Å². The van der Waals surface area contributed by atoms with E-state index in [9.17, 15) is 0 Å². The summed E-state index contributed by atoms with van der Waals surface area (Å²) in [6.07, 6.45) is 10.9. The van der Waals surface area contributed by atoms with Gasteiger partial charge in [-0.25, -0.2) is 0 Å². The summed E-state index contributed by atoms with van der Waals surface area (Å²) in [5.41, 5.74) is 3.10. The number of hydrogen-bond donors (Lipinski definition) is 0. The highest BCUT2D eigenvalue weighted by Crippen LogP contribution is 2.20. The Morgan fingerprint density at radius 3 is 2.89 bits per heavy atom. The molecule has 0 spiro atoms. The molecule has 1 aliphatic heterocycles. The average Bonchev–Trinajstić information content (AvgIpc) is 2.40. The van der Waals surface area contributed by atoms with Crippen LogP contribution in [0.25, 0.3) is 0 Å². The van der Waals surface area contributed by atoms with Crippen LogP contribution in [0.5, 0.6) is 0 Å². The van der Waals surface area contributed by atoms with Gasteiger partial charge in [-0.3, -0.25) is 0 Å². The summed E-state index contributed by atoms with van der Waals surface area (Å²) in [5, 5.41) is 0. The molecule has 0 aromatic heterocycles. The van der Waals surface area contributed by atoms with Crippen LogP contribution in [0.4, 0.5) is 0 Å². The zero-order chi connectivity index (χ0) is 13.1. The molecule has 1 unspecified atom stereocenters. The summed E-state index contributed by atoms with van der Waals surface area (Å²) < 4.78 is 11.8. The van der Waals surface area contributed by atoms with E-state index in [1.54, 1.807) is 0 Å². The van der Waals surface area contributed by atoms with E-state index in [1.807, 2.05) is 0 Å². The van der Waals surface area contributed by atoms with Gasteiger partial charge in [0.1, 0.15) is 0 Å². The summed E-state index contributed by atoms with van der Waals surface area (Å²) in [4.78, 5) is 0. The van der Waals surface area contributed by atoms with Crippen LogP contribution < -0.4 is 0 Å². The Morgan fingerprint density at radius 2 is 2.22 bits per heavy atom. The van der Waals surface area contributed by atoms with E-state index >= 15 is 0 Å². The second-order valence-electron chi connectivity index (χ2n) is 5.02. The van der Waals surface area contributed by atoms with Gasteiger partial charge in [0.05, 0.1) is 16.3 Å². The zero-order valence-corrected chi connectivity index (χ0v) is 14.0. The molecule has 1 fully saturated rings. The molecule has 1 saturated heterocycles. The second-order valence-corrected chi connectivity index (χ2v) is 5.52. The molecule has 104 valence electrons. The van der Waals surface area contributed by atoms with Crippen molar-refractivity contribution in [2.24, 2.45) is 0 Å². The van der Waals surface area contributed by atoms with Crippen molar-refractivity contribution in [3.05, 3.63) is 0 Å². The largest absolute Gasteiger partial charge is 0.353 e. The maximum Gasteiger partial charge on any atom is 0.157 e. The van der Waals surface area contributed by atoms with Gasteiger partial charge in [-0.05, 0) is 32.1 Å². The number of unbranched alkanes of at least 4 members (excludes halogenated alkanes) is 2. The number of rotatable bonds is 8. The molecule has 2 nitrogen and oxygen atoms in total. The van der Waals surface area contributed by atoms with Crippen LogP contribution >= 0.6 is 0 Å². The highest BCUT2D eigenvalue weighted by molar-refractivity contribution is 6.22. The van der Waals surface area contributed by atoms with E-state index in [4.69, 9.17) is 9.47 Å². The minimum absolute atomic E-state index is 0.0503. The normalized spacial score (nSPS) is 21.3. The minimum atomic E-state index is 0.0503. The summed E-state index contributed by atoms with van der Waals surface area (Å²) in [7, 11) is 0.985. The van der Waals surface area contributed by atoms with Crippen molar-refractivity contribution in [1.29, 1.82) is 0 Å². The molecule has 1 aliphatic rings. The molecule has 18 heavy (non-hydrogen) atoms. The van der Waals surface area contributed by atoms with Gasteiger partial charge in [0.15, 0.2) is 6.29 Å². The predicted octanol–water partition coefficient (Wildman–Crippen LogP) is 2.59. The lowest BCUT2D eigenvalue weighted by atomic mass is 10.1. The fraction of sp³-hybridized carbons (Fsp3) is 0.867. The van der Waals surface area contributed by atoms with Gasteiger partial charge in [0.25, 0.3) is 0 Å². The molecule has 0 saturated carbocycles. The van der Waals surface area contributed by atoms with Crippen molar-refractivity contribution in [3.8, 4) is 11.5 Å². The Morgan fingerprint density at radius 1 is 1.33 bits per heavy atom. The van der Waals surface area contributed by atoms with Gasteiger partial charge in [0.2, 0.25) is 0 Å². The molecule has 0 N–H and O–H groups in total. The van der Waals surface area contributed by atoms with E-state index < -0.39 is 0 Å². The van der Waals surface area contributed by atoms with Gasteiger partial charge in [-0.1, -0.05) is 26.2 Å². The highest BCUT2D eigenvalue weighted by atomic mass is 28.1. The Bertz CT molecular complexity index is 251. The van der Waals surface area contributed by atoms with Crippen molar-refractivity contribution in [3.63, 3.8) is 0 Å². The molecule has 2 atom stereocenters. The van der Waals surface area contributed by atoms with Crippen molar-refractivity contribution in [1.82, 2.24) is 0 Å². The van der Waals surface area contributed by atoms with Gasteiger partial charge < -0.3 is 9.47 Å². The third kappa shape index (κ3) is 7.20. The fourth-order valence-corrected chi connectivity index (χ4v) is 2.54. The molecule has 0 bridgehead atoms. The summed E-state index contributed by atoms with van der Waals surface area (Å²) in [6.45, 7) is 3.11. The van der Waals surface area contributed by atoms with Crippen LogP contribution in [0.3, 0.4) is 0 Å². The van der Waals surface area contributed by atoms with Crippen LogP contribution in [-0.2, 0) is 9.47 Å². The Kier molecular flexibility index (Phi) is 9.28. The SMILES string of the molecule is CCCCC[C@@H](CCC#C[SiH3])OC1CCCCO1. The van der Waals surface area contributed by atoms with Crippen LogP contribution in [-0.4, -0.2) is 29.2 Å². The third-order valence-electron chi connectivity index (χ3n) is 3.38. The second kappa shape index (κ2) is 10.6. The van der Waals surface area contributed by atoms with E-state index in [0.717, 1.165) is 42.5 Å². The molecule has 0 radical (unpaired) electrons. The molecule has 0 aromatic carbocycles. The first-order chi connectivity index (χ1) is 8.86. The van der Waals surface area contributed by atoms with Crippen molar-refractivity contribution < 1.29 is 9.47 Å². The van der Waals surface area contributed by atoms with Crippen LogP contribution in [0.2, 0.25) is 0 Å². The Hall–Kier alpha value is -0.303. The van der Waals surface area contributed by atoms with E-state index in [-0.39, 0.29) is 6.29 Å². The summed E-state index contributed by atoms with van der Waals surface area (Å²) in [5.74, 6) is 3.20. The average molecular weight is 268 g/mol. The molecule has 1 heterocycles. The van der Waals surface area contributed by atoms with Crippen LogP contribution in [0, 0.1) is 11.5 Å². The number of ether oxygens (including phenoxy) is 2. The lowest BCUT2D eigenvalue weighted by Crippen LogP contribution is -2.28. The molecule has 0 aromatic rings. The zero-order valence-electron chi connectivity index (χ0n) is 12.0. The molecule has 3 heteroatoms.